The largest absolute Gasteiger partial charge is 0.478 e. The molecule has 128 valence electrons. The van der Waals surface area contributed by atoms with E-state index in [1.54, 1.807) is 6.20 Å². The molecule has 0 atom stereocenters. The van der Waals surface area contributed by atoms with Crippen LogP contribution in [0.25, 0.3) is 0 Å². The number of aromatic nitrogens is 1. The second-order valence-electron chi connectivity index (χ2n) is 6.10. The Morgan fingerprint density at radius 3 is 3.00 bits per heavy atom. The molecule has 1 aromatic rings. The maximum absolute atomic E-state index is 5.59. The third kappa shape index (κ3) is 5.30. The van der Waals surface area contributed by atoms with Crippen LogP contribution < -0.4 is 10.1 Å². The quantitative estimate of drug-likeness (QED) is 0.662. The van der Waals surface area contributed by atoms with Crippen LogP contribution in [0.1, 0.15) is 33.3 Å². The molecular weight excluding hydrogens is 308 g/mol. The molecule has 2 heterocycles. The van der Waals surface area contributed by atoms with Crippen LogP contribution in [0.5, 0.6) is 5.88 Å². The number of nitrogens with zero attached hydrogens (tertiary/aromatic N) is 3. The molecule has 0 unspecified atom stereocenters. The maximum atomic E-state index is 5.59. The Hall–Kier alpha value is -1.43. The van der Waals surface area contributed by atoms with Crippen molar-refractivity contribution in [2.45, 2.75) is 39.0 Å². The van der Waals surface area contributed by atoms with Crippen molar-refractivity contribution in [3.05, 3.63) is 23.9 Å². The lowest BCUT2D eigenvalue weighted by atomic mass is 10.2. The molecule has 0 radical (unpaired) electrons. The lowest BCUT2D eigenvalue weighted by molar-refractivity contribution is 0.323. The molecule has 0 spiro atoms. The zero-order valence-corrected chi connectivity index (χ0v) is 15.4. The van der Waals surface area contributed by atoms with Crippen molar-refractivity contribution in [3.63, 3.8) is 0 Å². The van der Waals surface area contributed by atoms with Gasteiger partial charge in [-0.25, -0.2) is 9.98 Å². The average molecular weight is 337 g/mol. The summed E-state index contributed by atoms with van der Waals surface area (Å²) in [5.74, 6) is 2.80. The van der Waals surface area contributed by atoms with Crippen LogP contribution in [0.2, 0.25) is 0 Å². The Balaban J connectivity index is 2.13. The lowest BCUT2D eigenvalue weighted by Gasteiger charge is -2.39. The van der Waals surface area contributed by atoms with E-state index in [1.807, 2.05) is 30.8 Å². The Bertz CT molecular complexity index is 533. The van der Waals surface area contributed by atoms with Gasteiger partial charge >= 0.3 is 0 Å². The topological polar surface area (TPSA) is 49.8 Å². The van der Waals surface area contributed by atoms with Crippen molar-refractivity contribution in [2.75, 3.05) is 32.0 Å². The zero-order valence-electron chi connectivity index (χ0n) is 14.6. The molecule has 1 saturated heterocycles. The van der Waals surface area contributed by atoms with Gasteiger partial charge in [0.2, 0.25) is 5.88 Å². The van der Waals surface area contributed by atoms with Gasteiger partial charge in [0.15, 0.2) is 5.96 Å². The van der Waals surface area contributed by atoms with Gasteiger partial charge in [-0.15, -0.1) is 0 Å². The van der Waals surface area contributed by atoms with Gasteiger partial charge in [-0.3, -0.25) is 0 Å². The van der Waals surface area contributed by atoms with Crippen molar-refractivity contribution in [1.82, 2.24) is 15.2 Å². The molecule has 1 N–H and O–H groups in total. The Morgan fingerprint density at radius 1 is 1.48 bits per heavy atom. The summed E-state index contributed by atoms with van der Waals surface area (Å²) in [4.78, 5) is 11.5. The Labute approximate surface area is 143 Å². The van der Waals surface area contributed by atoms with E-state index in [2.05, 4.69) is 36.0 Å². The number of guanidine groups is 1. The molecule has 0 aromatic carbocycles. The summed E-state index contributed by atoms with van der Waals surface area (Å²) in [5.41, 5.74) is 1.02. The molecule has 1 aromatic heterocycles. The van der Waals surface area contributed by atoms with Gasteiger partial charge in [0.1, 0.15) is 0 Å². The van der Waals surface area contributed by atoms with Crippen molar-refractivity contribution in [1.29, 1.82) is 0 Å². The lowest BCUT2D eigenvalue weighted by Crippen LogP contribution is -2.50. The van der Waals surface area contributed by atoms with Crippen LogP contribution in [0.15, 0.2) is 23.3 Å². The first-order valence-corrected chi connectivity index (χ1v) is 9.28. The maximum Gasteiger partial charge on any atom is 0.218 e. The molecule has 0 amide bonds. The SMILES string of the molecule is CCNC(=NCc1cccnc1OCC)N1CCSC(C)(C)C1. The highest BCUT2D eigenvalue weighted by Crippen LogP contribution is 2.29. The minimum atomic E-state index is 0.263. The average Bonchev–Trinajstić information content (AvgIpc) is 2.52. The van der Waals surface area contributed by atoms with Gasteiger partial charge in [0, 0.05) is 41.9 Å². The number of ether oxygens (including phenoxy) is 1. The van der Waals surface area contributed by atoms with E-state index in [1.165, 1.54) is 0 Å². The van der Waals surface area contributed by atoms with E-state index in [-0.39, 0.29) is 4.75 Å². The van der Waals surface area contributed by atoms with E-state index in [4.69, 9.17) is 9.73 Å². The predicted molar refractivity (Wildman–Crippen MR) is 98.3 cm³/mol. The van der Waals surface area contributed by atoms with Crippen molar-refractivity contribution < 1.29 is 4.74 Å². The highest BCUT2D eigenvalue weighted by molar-refractivity contribution is 8.00. The van der Waals surface area contributed by atoms with Gasteiger partial charge in [0.05, 0.1) is 13.2 Å². The number of nitrogens with one attached hydrogen (secondary N) is 1. The smallest absolute Gasteiger partial charge is 0.218 e. The molecular formula is C17H28N4OS. The minimum Gasteiger partial charge on any atom is -0.478 e. The van der Waals surface area contributed by atoms with E-state index in [9.17, 15) is 0 Å². The minimum absolute atomic E-state index is 0.263. The number of hydrogen-bond acceptors (Lipinski definition) is 4. The van der Waals surface area contributed by atoms with Gasteiger partial charge in [-0.05, 0) is 33.8 Å². The first-order valence-electron chi connectivity index (χ1n) is 8.29. The highest BCUT2D eigenvalue weighted by atomic mass is 32.2. The van der Waals surface area contributed by atoms with Gasteiger partial charge in [-0.2, -0.15) is 11.8 Å². The predicted octanol–water partition coefficient (Wildman–Crippen LogP) is 2.77. The molecule has 1 aliphatic heterocycles. The number of thioether (sulfide) groups is 1. The molecule has 0 saturated carbocycles. The molecule has 1 fully saturated rings. The molecule has 0 bridgehead atoms. The van der Waals surface area contributed by atoms with Crippen LogP contribution in [0, 0.1) is 0 Å². The van der Waals surface area contributed by atoms with Gasteiger partial charge < -0.3 is 15.0 Å². The molecule has 6 heteroatoms. The standard InChI is InChI=1S/C17H28N4OS/c1-5-18-16(21-10-11-23-17(3,4)13-21)20-12-14-8-7-9-19-15(14)22-6-2/h7-9H,5-6,10-13H2,1-4H3,(H,18,20). The third-order valence-electron chi connectivity index (χ3n) is 3.59. The normalized spacial score (nSPS) is 17.9. The third-order valence-corrected chi connectivity index (χ3v) is 4.89. The van der Waals surface area contributed by atoms with E-state index >= 15 is 0 Å². The van der Waals surface area contributed by atoms with E-state index in [0.29, 0.717) is 19.0 Å². The van der Waals surface area contributed by atoms with E-state index < -0.39 is 0 Å². The summed E-state index contributed by atoms with van der Waals surface area (Å²) in [6, 6.07) is 3.96. The Kier molecular flexibility index (Phi) is 6.57. The van der Waals surface area contributed by atoms with Gasteiger partial charge in [-0.1, -0.05) is 6.07 Å². The molecule has 23 heavy (non-hydrogen) atoms. The number of pyridine rings is 1. The first kappa shape index (κ1) is 17.9. The fourth-order valence-electron chi connectivity index (χ4n) is 2.59. The van der Waals surface area contributed by atoms with Crippen molar-refractivity contribution >= 4 is 17.7 Å². The fourth-order valence-corrected chi connectivity index (χ4v) is 3.71. The molecule has 1 aliphatic rings. The number of rotatable bonds is 5. The first-order chi connectivity index (χ1) is 11.1. The fraction of sp³-hybridized carbons (Fsp3) is 0.647. The molecule has 2 rings (SSSR count). The zero-order chi connectivity index (χ0) is 16.7. The van der Waals surface area contributed by atoms with Crippen molar-refractivity contribution in [2.24, 2.45) is 4.99 Å². The summed E-state index contributed by atoms with van der Waals surface area (Å²) in [6.07, 6.45) is 1.76. The monoisotopic (exact) mass is 336 g/mol. The summed E-state index contributed by atoms with van der Waals surface area (Å²) in [7, 11) is 0. The Morgan fingerprint density at radius 2 is 2.30 bits per heavy atom. The molecule has 5 nitrogen and oxygen atoms in total. The summed E-state index contributed by atoms with van der Waals surface area (Å²) >= 11 is 2.03. The van der Waals surface area contributed by atoms with Crippen LogP contribution in [-0.4, -0.2) is 52.6 Å². The summed E-state index contributed by atoms with van der Waals surface area (Å²) < 4.78 is 5.85. The molecule has 0 aliphatic carbocycles. The van der Waals surface area contributed by atoms with Crippen LogP contribution in [0.4, 0.5) is 0 Å². The second kappa shape index (κ2) is 8.43. The number of aliphatic imine (C=N–C) groups is 1. The number of hydrogen-bond donors (Lipinski definition) is 1. The van der Waals surface area contributed by atoms with Crippen LogP contribution >= 0.6 is 11.8 Å². The van der Waals surface area contributed by atoms with Crippen LogP contribution in [-0.2, 0) is 6.54 Å². The van der Waals surface area contributed by atoms with Crippen molar-refractivity contribution in [3.8, 4) is 5.88 Å². The summed E-state index contributed by atoms with van der Waals surface area (Å²) in [6.45, 7) is 12.8. The van der Waals surface area contributed by atoms with Gasteiger partial charge in [0.25, 0.3) is 0 Å². The van der Waals surface area contributed by atoms with Crippen LogP contribution in [0.3, 0.4) is 0 Å². The second-order valence-corrected chi connectivity index (χ2v) is 7.90. The summed E-state index contributed by atoms with van der Waals surface area (Å²) in [5, 5.41) is 3.42. The van der Waals surface area contributed by atoms with E-state index in [0.717, 1.165) is 36.9 Å². The highest BCUT2D eigenvalue weighted by Gasteiger charge is 2.28.